The van der Waals surface area contributed by atoms with E-state index in [1.54, 1.807) is 7.11 Å². The number of nitrogens with zero attached hydrogens (tertiary/aromatic N) is 1. The van der Waals surface area contributed by atoms with Gasteiger partial charge in [0.25, 0.3) is 0 Å². The molecule has 17 heavy (non-hydrogen) atoms. The van der Waals surface area contributed by atoms with Gasteiger partial charge in [-0.3, -0.25) is 0 Å². The topological polar surface area (TPSA) is 40.2 Å². The second kappa shape index (κ2) is 5.23. The highest BCUT2D eigenvalue weighted by atomic mass is 16.5. The third-order valence-electron chi connectivity index (χ3n) is 3.05. The molecule has 1 aromatic carbocycles. The Morgan fingerprint density at radius 1 is 1.35 bits per heavy atom. The standard InChI is InChI=1S/C14H20N2O/c1-3-8-16-10-11(6-7-15)13-5-4-12(17-2)9-14(13)16/h4-5,9-10H,3,6-8,15H2,1-2H3. The van der Waals surface area contributed by atoms with Gasteiger partial charge in [-0.25, -0.2) is 0 Å². The maximum absolute atomic E-state index is 5.66. The molecule has 92 valence electrons. The molecular weight excluding hydrogens is 212 g/mol. The van der Waals surface area contributed by atoms with Crippen molar-refractivity contribution in [2.24, 2.45) is 5.73 Å². The van der Waals surface area contributed by atoms with E-state index >= 15 is 0 Å². The molecule has 2 rings (SSSR count). The molecule has 3 nitrogen and oxygen atoms in total. The first-order valence-corrected chi connectivity index (χ1v) is 6.16. The summed E-state index contributed by atoms with van der Waals surface area (Å²) in [6.07, 6.45) is 4.28. The first-order chi connectivity index (χ1) is 8.30. The summed E-state index contributed by atoms with van der Waals surface area (Å²) in [5, 5.41) is 1.30. The Balaban J connectivity index is 2.54. The SMILES string of the molecule is CCCn1cc(CCN)c2ccc(OC)cc21. The molecule has 1 heterocycles. The van der Waals surface area contributed by atoms with Gasteiger partial charge in [-0.2, -0.15) is 0 Å². The van der Waals surface area contributed by atoms with Crippen LogP contribution in [0.25, 0.3) is 10.9 Å². The van der Waals surface area contributed by atoms with E-state index in [-0.39, 0.29) is 0 Å². The molecular formula is C14H20N2O. The number of aryl methyl sites for hydroxylation is 1. The average Bonchev–Trinajstić information content (AvgIpc) is 2.68. The van der Waals surface area contributed by atoms with Crippen molar-refractivity contribution in [2.75, 3.05) is 13.7 Å². The molecule has 0 aliphatic heterocycles. The van der Waals surface area contributed by atoms with Gasteiger partial charge < -0.3 is 15.0 Å². The Hall–Kier alpha value is -1.48. The number of hydrogen-bond donors (Lipinski definition) is 1. The predicted octanol–water partition coefficient (Wildman–Crippen LogP) is 2.56. The second-order valence-corrected chi connectivity index (χ2v) is 4.27. The molecule has 0 unspecified atom stereocenters. The van der Waals surface area contributed by atoms with Gasteiger partial charge in [0.15, 0.2) is 0 Å². The van der Waals surface area contributed by atoms with Gasteiger partial charge in [0, 0.05) is 24.2 Å². The van der Waals surface area contributed by atoms with Gasteiger partial charge in [0.05, 0.1) is 12.6 Å². The van der Waals surface area contributed by atoms with Crippen molar-refractivity contribution in [3.05, 3.63) is 30.0 Å². The predicted molar refractivity (Wildman–Crippen MR) is 71.5 cm³/mol. The van der Waals surface area contributed by atoms with E-state index < -0.39 is 0 Å². The fourth-order valence-corrected chi connectivity index (χ4v) is 2.26. The molecule has 0 fully saturated rings. The van der Waals surface area contributed by atoms with Crippen molar-refractivity contribution in [3.63, 3.8) is 0 Å². The highest BCUT2D eigenvalue weighted by Crippen LogP contribution is 2.26. The summed E-state index contributed by atoms with van der Waals surface area (Å²) in [5.74, 6) is 0.909. The minimum Gasteiger partial charge on any atom is -0.497 e. The molecule has 0 saturated carbocycles. The summed E-state index contributed by atoms with van der Waals surface area (Å²) >= 11 is 0. The van der Waals surface area contributed by atoms with E-state index in [1.165, 1.54) is 16.5 Å². The zero-order valence-electron chi connectivity index (χ0n) is 10.6. The van der Waals surface area contributed by atoms with Crippen LogP contribution in [0.5, 0.6) is 5.75 Å². The van der Waals surface area contributed by atoms with Gasteiger partial charge in [-0.15, -0.1) is 0 Å². The van der Waals surface area contributed by atoms with Crippen LogP contribution >= 0.6 is 0 Å². The maximum Gasteiger partial charge on any atom is 0.120 e. The summed E-state index contributed by atoms with van der Waals surface area (Å²) in [6, 6.07) is 6.25. The monoisotopic (exact) mass is 232 g/mol. The number of methoxy groups -OCH3 is 1. The van der Waals surface area contributed by atoms with E-state index in [0.29, 0.717) is 6.54 Å². The van der Waals surface area contributed by atoms with Crippen molar-refractivity contribution in [2.45, 2.75) is 26.3 Å². The zero-order chi connectivity index (χ0) is 12.3. The molecule has 0 atom stereocenters. The van der Waals surface area contributed by atoms with Gasteiger partial charge in [-0.05, 0) is 37.1 Å². The number of rotatable bonds is 5. The highest BCUT2D eigenvalue weighted by molar-refractivity contribution is 5.85. The molecule has 0 saturated heterocycles. The summed E-state index contributed by atoms with van der Waals surface area (Å²) < 4.78 is 7.58. The summed E-state index contributed by atoms with van der Waals surface area (Å²) in [7, 11) is 1.70. The molecule has 0 bridgehead atoms. The number of fused-ring (bicyclic) bond motifs is 1. The van der Waals surface area contributed by atoms with E-state index in [1.807, 2.05) is 6.07 Å². The number of aromatic nitrogens is 1. The Bertz CT molecular complexity index is 502. The third-order valence-corrected chi connectivity index (χ3v) is 3.05. The zero-order valence-corrected chi connectivity index (χ0v) is 10.6. The molecule has 1 aromatic heterocycles. The first kappa shape index (κ1) is 12.0. The van der Waals surface area contributed by atoms with Crippen LogP contribution in [0.1, 0.15) is 18.9 Å². The van der Waals surface area contributed by atoms with Crippen molar-refractivity contribution in [1.82, 2.24) is 4.57 Å². The number of hydrogen-bond acceptors (Lipinski definition) is 2. The van der Waals surface area contributed by atoms with Crippen molar-refractivity contribution in [1.29, 1.82) is 0 Å². The molecule has 2 N–H and O–H groups in total. The molecule has 0 amide bonds. The third kappa shape index (κ3) is 2.29. The van der Waals surface area contributed by atoms with E-state index in [0.717, 1.165) is 25.1 Å². The second-order valence-electron chi connectivity index (χ2n) is 4.27. The number of benzene rings is 1. The lowest BCUT2D eigenvalue weighted by molar-refractivity contribution is 0.415. The van der Waals surface area contributed by atoms with Crippen LogP contribution in [0.4, 0.5) is 0 Å². The van der Waals surface area contributed by atoms with Gasteiger partial charge >= 0.3 is 0 Å². The van der Waals surface area contributed by atoms with Crippen LogP contribution in [-0.2, 0) is 13.0 Å². The van der Waals surface area contributed by atoms with Gasteiger partial charge in [-0.1, -0.05) is 6.92 Å². The van der Waals surface area contributed by atoms with E-state index in [9.17, 15) is 0 Å². The quantitative estimate of drug-likeness (QED) is 0.860. The summed E-state index contributed by atoms with van der Waals surface area (Å²) in [5.41, 5.74) is 8.23. The minimum atomic E-state index is 0.692. The lowest BCUT2D eigenvalue weighted by Gasteiger charge is -2.04. The number of nitrogens with two attached hydrogens (primary N) is 1. The van der Waals surface area contributed by atoms with Gasteiger partial charge in [0.1, 0.15) is 5.75 Å². The Kier molecular flexibility index (Phi) is 3.69. The Morgan fingerprint density at radius 2 is 2.18 bits per heavy atom. The summed E-state index contributed by atoms with van der Waals surface area (Å²) in [4.78, 5) is 0. The van der Waals surface area contributed by atoms with Crippen LogP contribution in [0.2, 0.25) is 0 Å². The van der Waals surface area contributed by atoms with E-state index in [2.05, 4.69) is 29.8 Å². The minimum absolute atomic E-state index is 0.692. The Morgan fingerprint density at radius 3 is 2.82 bits per heavy atom. The lowest BCUT2D eigenvalue weighted by Crippen LogP contribution is -2.02. The average molecular weight is 232 g/mol. The maximum atomic E-state index is 5.66. The number of ether oxygens (including phenoxy) is 1. The van der Waals surface area contributed by atoms with Crippen LogP contribution in [0.15, 0.2) is 24.4 Å². The Labute approximate surface area is 102 Å². The fourth-order valence-electron chi connectivity index (χ4n) is 2.26. The molecule has 0 spiro atoms. The van der Waals surface area contributed by atoms with E-state index in [4.69, 9.17) is 10.5 Å². The van der Waals surface area contributed by atoms with Crippen LogP contribution in [-0.4, -0.2) is 18.2 Å². The van der Waals surface area contributed by atoms with Crippen molar-refractivity contribution < 1.29 is 4.74 Å². The largest absolute Gasteiger partial charge is 0.497 e. The lowest BCUT2D eigenvalue weighted by atomic mass is 10.1. The molecule has 0 radical (unpaired) electrons. The van der Waals surface area contributed by atoms with Crippen molar-refractivity contribution >= 4 is 10.9 Å². The van der Waals surface area contributed by atoms with Crippen LogP contribution in [0.3, 0.4) is 0 Å². The molecule has 0 aliphatic carbocycles. The van der Waals surface area contributed by atoms with Crippen LogP contribution in [0, 0.1) is 0 Å². The van der Waals surface area contributed by atoms with Gasteiger partial charge in [0.2, 0.25) is 0 Å². The molecule has 2 aromatic rings. The van der Waals surface area contributed by atoms with Crippen LogP contribution < -0.4 is 10.5 Å². The fraction of sp³-hybridized carbons (Fsp3) is 0.429. The molecule has 0 aliphatic rings. The summed E-state index contributed by atoms with van der Waals surface area (Å²) in [6.45, 7) is 3.92. The van der Waals surface area contributed by atoms with Crippen molar-refractivity contribution in [3.8, 4) is 5.75 Å². The molecule has 3 heteroatoms. The normalized spacial score (nSPS) is 11.0. The smallest absolute Gasteiger partial charge is 0.120 e. The first-order valence-electron chi connectivity index (χ1n) is 6.16. The highest BCUT2D eigenvalue weighted by Gasteiger charge is 2.08.